The number of rotatable bonds is 23. The molecule has 0 aliphatic heterocycles. The molecule has 30 heteroatoms. The van der Waals surface area contributed by atoms with Crippen LogP contribution in [-0.4, -0.2) is 98.8 Å². The minimum atomic E-state index is 0.384. The Hall–Kier alpha value is -17.2. The summed E-state index contributed by atoms with van der Waals surface area (Å²) >= 11 is 7.76. The Kier molecular flexibility index (Phi) is 28.2. The van der Waals surface area contributed by atoms with Gasteiger partial charge in [0.1, 0.15) is 71.7 Å². The fraction of sp³-hybridized carbons (Fsp3) is 0.0288. The molecule has 22 aromatic rings. The lowest BCUT2D eigenvalue weighted by Gasteiger charge is -2.13. The first-order valence-electron chi connectivity index (χ1n) is 42.0. The number of hydrogen-bond donors (Lipinski definition) is 6. The van der Waals surface area contributed by atoms with Crippen molar-refractivity contribution >= 4 is 142 Å². The minimum absolute atomic E-state index is 0.384. The van der Waals surface area contributed by atoms with Gasteiger partial charge in [0.15, 0.2) is 0 Å². The van der Waals surface area contributed by atoms with E-state index in [-0.39, 0.29) is 0 Å². The van der Waals surface area contributed by atoms with Gasteiger partial charge in [-0.1, -0.05) is 152 Å². The molecule has 650 valence electrons. The molecule has 0 amide bonds. The highest BCUT2D eigenvalue weighted by atomic mass is 32.1. The van der Waals surface area contributed by atoms with E-state index in [0.717, 1.165) is 115 Å². The summed E-state index contributed by atoms with van der Waals surface area (Å²) in [5.74, 6) is 4.08. The number of thiazole rings is 5. The number of aromatic nitrogens is 17. The smallest absolute Gasteiger partial charge is 0.228 e. The van der Waals surface area contributed by atoms with Crippen molar-refractivity contribution in [3.05, 3.63) is 397 Å². The van der Waals surface area contributed by atoms with Crippen LogP contribution in [0.2, 0.25) is 0 Å². The van der Waals surface area contributed by atoms with Crippen LogP contribution in [0.4, 0.5) is 64.0 Å². The van der Waals surface area contributed by atoms with Crippen molar-refractivity contribution in [1.82, 2.24) is 84.7 Å². The summed E-state index contributed by atoms with van der Waals surface area (Å²) in [6.07, 6.45) is 19.5. The molecule has 0 radical (unpaired) electrons. The van der Waals surface area contributed by atoms with E-state index in [1.54, 1.807) is 113 Å². The molecule has 25 nitrogen and oxygen atoms in total. The zero-order valence-corrected chi connectivity index (χ0v) is 75.7. The number of nitrogens with one attached hydrogen (secondary N) is 6. The van der Waals surface area contributed by atoms with Crippen LogP contribution >= 0.6 is 56.7 Å². The summed E-state index contributed by atoms with van der Waals surface area (Å²) in [6.45, 7) is 0.384. The van der Waals surface area contributed by atoms with Crippen molar-refractivity contribution < 1.29 is 4.74 Å². The monoisotopic (exact) mass is 1840 g/mol. The number of pyridine rings is 1. The molecule has 0 spiro atoms. The van der Waals surface area contributed by atoms with E-state index in [2.05, 4.69) is 250 Å². The van der Waals surface area contributed by atoms with Gasteiger partial charge in [0.05, 0.1) is 17.3 Å². The average molecular weight is 1840 g/mol. The quantitative estimate of drug-likeness (QED) is 0.0346. The van der Waals surface area contributed by atoms with Crippen LogP contribution in [0.25, 0.3) is 120 Å². The average Bonchev–Trinajstić information content (AvgIpc) is 1.05. The van der Waals surface area contributed by atoms with Crippen molar-refractivity contribution in [2.24, 2.45) is 0 Å². The molecule has 0 saturated heterocycles. The van der Waals surface area contributed by atoms with Gasteiger partial charge in [0.2, 0.25) is 29.7 Å². The highest BCUT2D eigenvalue weighted by molar-refractivity contribution is 7.14. The largest absolute Gasteiger partial charge is 0.489 e. The molecule has 12 aromatic heterocycles. The molecule has 0 saturated carbocycles. The zero-order chi connectivity index (χ0) is 90.8. The van der Waals surface area contributed by atoms with Crippen LogP contribution in [0, 0.1) is 11.3 Å². The van der Waals surface area contributed by atoms with Gasteiger partial charge in [0.25, 0.3) is 0 Å². The van der Waals surface area contributed by atoms with Gasteiger partial charge in [-0.05, 0) is 189 Å². The molecular formula is C104H78N24OS5. The molecule has 0 fully saturated rings. The summed E-state index contributed by atoms with van der Waals surface area (Å²) in [5, 5.41) is 43.0. The van der Waals surface area contributed by atoms with Gasteiger partial charge in [0, 0.05) is 155 Å². The Balaban J connectivity index is 0.000000112. The van der Waals surface area contributed by atoms with Gasteiger partial charge >= 0.3 is 0 Å². The van der Waals surface area contributed by atoms with Crippen LogP contribution in [0.5, 0.6) is 5.75 Å². The second-order valence-corrected chi connectivity index (χ2v) is 34.0. The number of fused-ring (bicyclic) bond motifs is 2. The molecule has 12 heterocycles. The third-order valence-electron chi connectivity index (χ3n) is 20.2. The lowest BCUT2D eigenvalue weighted by Crippen LogP contribution is -2.07. The molecule has 0 aliphatic rings. The van der Waals surface area contributed by atoms with Gasteiger partial charge in [-0.15, -0.1) is 56.7 Å². The lowest BCUT2D eigenvalue weighted by atomic mass is 9.98. The molecular weight excluding hydrogens is 1760 g/mol. The Morgan fingerprint density at radius 3 is 1.25 bits per heavy atom. The van der Waals surface area contributed by atoms with Crippen molar-refractivity contribution in [2.75, 3.05) is 45.6 Å². The lowest BCUT2D eigenvalue weighted by molar-refractivity contribution is 0.306. The van der Waals surface area contributed by atoms with E-state index in [0.29, 0.717) is 53.5 Å². The maximum atomic E-state index is 8.99. The molecule has 0 atom stereocenters. The summed E-state index contributed by atoms with van der Waals surface area (Å²) in [4.78, 5) is 75.7. The van der Waals surface area contributed by atoms with E-state index in [1.807, 2.05) is 205 Å². The zero-order valence-electron chi connectivity index (χ0n) is 71.7. The highest BCUT2D eigenvalue weighted by Crippen LogP contribution is 2.35. The number of H-pyrrole nitrogens is 1. The number of ether oxygens (including phenoxy) is 1. The number of benzene rings is 10. The highest BCUT2D eigenvalue weighted by Gasteiger charge is 2.15. The Morgan fingerprint density at radius 1 is 0.321 bits per heavy atom. The van der Waals surface area contributed by atoms with Crippen LogP contribution in [0.1, 0.15) is 11.1 Å². The van der Waals surface area contributed by atoms with Gasteiger partial charge in [-0.3, -0.25) is 0 Å². The second-order valence-electron chi connectivity index (χ2n) is 29.5. The molecule has 10 aromatic carbocycles. The van der Waals surface area contributed by atoms with E-state index < -0.39 is 0 Å². The van der Waals surface area contributed by atoms with Crippen molar-refractivity contribution in [2.45, 2.75) is 6.61 Å². The summed E-state index contributed by atoms with van der Waals surface area (Å²) in [6, 6.07) is 98.9. The topological polar surface area (TPSA) is 318 Å². The van der Waals surface area contributed by atoms with Crippen molar-refractivity contribution in [3.8, 4) is 110 Å². The van der Waals surface area contributed by atoms with E-state index in [1.165, 1.54) is 49.9 Å². The predicted octanol–water partition coefficient (Wildman–Crippen LogP) is 25.9. The number of anilines is 11. The minimum Gasteiger partial charge on any atom is -0.489 e. The molecule has 0 unspecified atom stereocenters. The molecule has 0 bridgehead atoms. The van der Waals surface area contributed by atoms with E-state index in [9.17, 15) is 0 Å². The Morgan fingerprint density at radius 2 is 0.746 bits per heavy atom. The van der Waals surface area contributed by atoms with Crippen LogP contribution in [0.3, 0.4) is 0 Å². The normalized spacial score (nSPS) is 10.6. The van der Waals surface area contributed by atoms with Crippen molar-refractivity contribution in [1.29, 1.82) is 5.26 Å². The number of hydrogen-bond acceptors (Lipinski definition) is 29. The number of nitriles is 1. The predicted molar refractivity (Wildman–Crippen MR) is 543 cm³/mol. The van der Waals surface area contributed by atoms with Crippen LogP contribution in [-0.2, 0) is 6.61 Å². The van der Waals surface area contributed by atoms with Gasteiger partial charge < -0.3 is 41.2 Å². The Labute approximate surface area is 790 Å². The van der Waals surface area contributed by atoms with E-state index in [4.69, 9.17) is 10.00 Å². The second kappa shape index (κ2) is 43.3. The maximum Gasteiger partial charge on any atom is 0.228 e. The fourth-order valence-corrected chi connectivity index (χ4v) is 16.9. The SMILES string of the molecule is CN(C)c1ccc(-c2cccc(Nc3nccc(-c4nccs4)n3)c2)cc1.N#Cc1cccc(COc2cccc(Nc3nccc(-c4nccs4)n3)c2)c1.c1cc(Nc2nccc(-c3nccs3)n2)cc(-c2ccc3[nH]ccc3c2)c1.c1cc(Nc2nccc(-c3nccs3)n2)cc(-c2cccc3ccccc23)c1.c1ccc(-c2cccc(Nc3nccc(-c4nccs4)n3)n2)cc1. The standard InChI is InChI=1S/C23H16N4S.C21H15N5OS.C21H15N5S.C21H19N5S.C18H13N5S/c1-2-9-19-16(5-1)6-4-10-20(19)17-7-3-8-18(15-17)26-23-25-12-11-21(27-23)22-24-13-14-28-22;22-13-15-3-1-4-16(11-15)14-27-18-6-2-5-17(12-18)25-21-24-8-7-19(26-21)20-23-9-10-28-20;1-2-14(15-4-5-18-16(12-15)6-8-22-18)13-17(3-1)25-21-24-9-7-19(26-21)20-23-10-11-27-20;1-26(2)18-8-6-15(7-9-18)16-4-3-5-17(14-16)24-21-23-11-10-19(25-21)20-22-12-13-27-20;1-2-5-13(6-3-1)14-7-4-8-16(21-14)23-18-20-10-9-15(22-18)17-19-11-12-24-17/h1-15H,(H,25,26,27);1-12H,14H2,(H,24,25,26);1-13,22H,(H,24,25,26);3-14H,1-2H3,(H,23,24,25);1-12H,(H,20,21,22,23). The van der Waals surface area contributed by atoms with Crippen LogP contribution in [0.15, 0.2) is 386 Å². The summed E-state index contributed by atoms with van der Waals surface area (Å²) in [5.41, 5.74) is 20.5. The number of aromatic amines is 1. The first-order valence-corrected chi connectivity index (χ1v) is 46.4. The fourth-order valence-electron chi connectivity index (χ4n) is 13.9. The first-order chi connectivity index (χ1) is 66.1. The van der Waals surface area contributed by atoms with Crippen molar-refractivity contribution in [3.63, 3.8) is 0 Å². The summed E-state index contributed by atoms with van der Waals surface area (Å²) < 4.78 is 5.85. The Bertz CT molecular complexity index is 7630. The summed E-state index contributed by atoms with van der Waals surface area (Å²) in [7, 11) is 4.08. The molecule has 0 aliphatic carbocycles. The molecule has 134 heavy (non-hydrogen) atoms. The van der Waals surface area contributed by atoms with Gasteiger partial charge in [-0.2, -0.15) is 5.26 Å². The van der Waals surface area contributed by atoms with Gasteiger partial charge in [-0.25, -0.2) is 79.7 Å². The van der Waals surface area contributed by atoms with Crippen LogP contribution < -0.4 is 36.2 Å². The van der Waals surface area contributed by atoms with E-state index >= 15 is 0 Å². The molecule has 6 N–H and O–H groups in total. The third-order valence-corrected chi connectivity index (χ3v) is 24.2. The third kappa shape index (κ3) is 23.3. The number of nitrogens with zero attached hydrogens (tertiary/aromatic N) is 18. The first kappa shape index (κ1) is 87.5. The maximum absolute atomic E-state index is 8.99. The molecule has 22 rings (SSSR count).